The lowest BCUT2D eigenvalue weighted by atomic mass is 10.2. The van der Waals surface area contributed by atoms with Crippen molar-refractivity contribution in [2.45, 2.75) is 17.5 Å². The van der Waals surface area contributed by atoms with E-state index in [1.54, 1.807) is 10.6 Å². The maximum Gasteiger partial charge on any atom is 0.278 e. The van der Waals surface area contributed by atoms with Crippen LogP contribution in [0.5, 0.6) is 0 Å². The number of fused-ring (bicyclic) bond motifs is 3. The van der Waals surface area contributed by atoms with Crippen LogP contribution < -0.4 is 5.56 Å². The molecule has 1 N–H and O–H groups in total. The molecule has 0 spiro atoms. The molecule has 0 saturated carbocycles. The molecule has 4 nitrogen and oxygen atoms in total. The standard InChI is InChI=1S/C20H16ClN3OS/c1-2-10-24-19(25)18-17(15-8-3-4-9-16(15)22-18)23-20(24)26-12-13-6-5-7-14(21)11-13/h2-9,11,22H,1,10,12H2. The molecule has 0 aliphatic carbocycles. The molecule has 0 fully saturated rings. The van der Waals surface area contributed by atoms with Crippen LogP contribution in [0.15, 0.2) is 71.1 Å². The van der Waals surface area contributed by atoms with Gasteiger partial charge in [-0.05, 0) is 23.8 Å². The van der Waals surface area contributed by atoms with Crippen molar-refractivity contribution < 1.29 is 0 Å². The third-order valence-corrected chi connectivity index (χ3v) is 5.43. The fraction of sp³-hybridized carbons (Fsp3) is 0.100. The van der Waals surface area contributed by atoms with E-state index in [4.69, 9.17) is 16.6 Å². The topological polar surface area (TPSA) is 50.7 Å². The van der Waals surface area contributed by atoms with E-state index in [0.29, 0.717) is 33.5 Å². The van der Waals surface area contributed by atoms with E-state index in [9.17, 15) is 4.79 Å². The van der Waals surface area contributed by atoms with Gasteiger partial charge in [0.1, 0.15) is 11.0 Å². The van der Waals surface area contributed by atoms with Crippen LogP contribution >= 0.6 is 23.4 Å². The van der Waals surface area contributed by atoms with Gasteiger partial charge in [-0.2, -0.15) is 0 Å². The van der Waals surface area contributed by atoms with Crippen molar-refractivity contribution in [1.29, 1.82) is 0 Å². The number of aromatic nitrogens is 3. The minimum Gasteiger partial charge on any atom is -0.349 e. The summed E-state index contributed by atoms with van der Waals surface area (Å²) >= 11 is 7.59. The molecule has 4 rings (SSSR count). The number of thioether (sulfide) groups is 1. The van der Waals surface area contributed by atoms with Gasteiger partial charge in [-0.25, -0.2) is 4.98 Å². The van der Waals surface area contributed by atoms with Crippen molar-refractivity contribution in [2.75, 3.05) is 0 Å². The van der Waals surface area contributed by atoms with E-state index in [-0.39, 0.29) is 5.56 Å². The summed E-state index contributed by atoms with van der Waals surface area (Å²) in [5.41, 5.74) is 3.15. The first-order valence-electron chi connectivity index (χ1n) is 8.17. The lowest BCUT2D eigenvalue weighted by Crippen LogP contribution is -2.22. The fourth-order valence-corrected chi connectivity index (χ4v) is 4.11. The quantitative estimate of drug-likeness (QED) is 0.300. The van der Waals surface area contributed by atoms with Crippen LogP contribution in [-0.4, -0.2) is 14.5 Å². The number of nitrogens with one attached hydrogen (secondary N) is 1. The van der Waals surface area contributed by atoms with Gasteiger partial charge in [0.15, 0.2) is 5.16 Å². The predicted molar refractivity (Wildman–Crippen MR) is 109 cm³/mol. The molecule has 0 aliphatic heterocycles. The van der Waals surface area contributed by atoms with Gasteiger partial charge in [0.25, 0.3) is 5.56 Å². The Labute approximate surface area is 159 Å². The zero-order valence-electron chi connectivity index (χ0n) is 13.9. The van der Waals surface area contributed by atoms with Gasteiger partial charge in [-0.15, -0.1) is 6.58 Å². The van der Waals surface area contributed by atoms with Gasteiger partial charge in [0.05, 0.1) is 0 Å². The van der Waals surface area contributed by atoms with Crippen molar-refractivity contribution in [3.63, 3.8) is 0 Å². The van der Waals surface area contributed by atoms with E-state index in [0.717, 1.165) is 16.5 Å². The molecular formula is C20H16ClN3OS. The Kier molecular flexibility index (Phi) is 4.57. The van der Waals surface area contributed by atoms with Crippen molar-refractivity contribution in [1.82, 2.24) is 14.5 Å². The summed E-state index contributed by atoms with van der Waals surface area (Å²) in [5.74, 6) is 0.679. The smallest absolute Gasteiger partial charge is 0.278 e. The van der Waals surface area contributed by atoms with E-state index in [2.05, 4.69) is 11.6 Å². The zero-order chi connectivity index (χ0) is 18.1. The van der Waals surface area contributed by atoms with Gasteiger partial charge in [-0.3, -0.25) is 9.36 Å². The number of hydrogen-bond donors (Lipinski definition) is 1. The molecule has 0 saturated heterocycles. The molecule has 0 atom stereocenters. The molecule has 4 aromatic rings. The molecule has 0 radical (unpaired) electrons. The van der Waals surface area contributed by atoms with Crippen LogP contribution in [-0.2, 0) is 12.3 Å². The molecule has 0 aliphatic rings. The highest BCUT2D eigenvalue weighted by Gasteiger charge is 2.15. The minimum absolute atomic E-state index is 0.0836. The Morgan fingerprint density at radius 1 is 1.23 bits per heavy atom. The van der Waals surface area contributed by atoms with E-state index >= 15 is 0 Å². The first-order chi connectivity index (χ1) is 12.7. The SMILES string of the molecule is C=CCn1c(SCc2cccc(Cl)c2)nc2c([nH]c3ccccc32)c1=O. The first kappa shape index (κ1) is 16.9. The van der Waals surface area contributed by atoms with Crippen LogP contribution in [0.4, 0.5) is 0 Å². The Hall–Kier alpha value is -2.50. The lowest BCUT2D eigenvalue weighted by molar-refractivity contribution is 0.671. The summed E-state index contributed by atoms with van der Waals surface area (Å²) in [4.78, 5) is 21.0. The molecular weight excluding hydrogens is 366 g/mol. The summed E-state index contributed by atoms with van der Waals surface area (Å²) < 4.78 is 1.65. The number of allylic oxidation sites excluding steroid dienone is 1. The second-order valence-electron chi connectivity index (χ2n) is 5.91. The van der Waals surface area contributed by atoms with Gasteiger partial charge in [0.2, 0.25) is 0 Å². The number of halogens is 1. The second-order valence-corrected chi connectivity index (χ2v) is 7.29. The van der Waals surface area contributed by atoms with Crippen LogP contribution in [0.2, 0.25) is 5.02 Å². The molecule has 2 aromatic heterocycles. The number of hydrogen-bond acceptors (Lipinski definition) is 3. The van der Waals surface area contributed by atoms with Crippen LogP contribution in [0.1, 0.15) is 5.56 Å². The highest BCUT2D eigenvalue weighted by Crippen LogP contribution is 2.27. The fourth-order valence-electron chi connectivity index (χ4n) is 2.95. The molecule has 6 heteroatoms. The van der Waals surface area contributed by atoms with Crippen LogP contribution in [0, 0.1) is 0 Å². The molecule has 26 heavy (non-hydrogen) atoms. The highest BCUT2D eigenvalue weighted by molar-refractivity contribution is 7.98. The lowest BCUT2D eigenvalue weighted by Gasteiger charge is -2.10. The van der Waals surface area contributed by atoms with Gasteiger partial charge >= 0.3 is 0 Å². The van der Waals surface area contributed by atoms with Crippen molar-refractivity contribution in [2.24, 2.45) is 0 Å². The Balaban J connectivity index is 1.83. The van der Waals surface area contributed by atoms with Crippen LogP contribution in [0.25, 0.3) is 21.9 Å². The molecule has 0 bridgehead atoms. The summed E-state index contributed by atoms with van der Waals surface area (Å²) in [7, 11) is 0. The van der Waals surface area contributed by atoms with E-state index in [1.807, 2.05) is 48.5 Å². The van der Waals surface area contributed by atoms with Crippen molar-refractivity contribution in [3.8, 4) is 0 Å². The highest BCUT2D eigenvalue weighted by atomic mass is 35.5. The second kappa shape index (κ2) is 7.02. The first-order valence-corrected chi connectivity index (χ1v) is 9.53. The summed E-state index contributed by atoms with van der Waals surface area (Å²) in [6, 6.07) is 15.5. The monoisotopic (exact) mass is 381 g/mol. The third kappa shape index (κ3) is 3.04. The normalized spacial score (nSPS) is 11.3. The van der Waals surface area contributed by atoms with E-state index in [1.165, 1.54) is 11.8 Å². The zero-order valence-corrected chi connectivity index (χ0v) is 15.5. The predicted octanol–water partition coefficient (Wildman–Crippen LogP) is 5.01. The van der Waals surface area contributed by atoms with Crippen molar-refractivity contribution in [3.05, 3.63) is 82.1 Å². The largest absolute Gasteiger partial charge is 0.349 e. The summed E-state index contributed by atoms with van der Waals surface area (Å²) in [5, 5.41) is 2.33. The Morgan fingerprint density at radius 3 is 2.88 bits per heavy atom. The Morgan fingerprint density at radius 2 is 2.08 bits per heavy atom. The molecule has 0 amide bonds. The van der Waals surface area contributed by atoms with Crippen LogP contribution in [0.3, 0.4) is 0 Å². The number of nitrogens with zero attached hydrogens (tertiary/aromatic N) is 2. The summed E-state index contributed by atoms with van der Waals surface area (Å²) in [6.07, 6.45) is 1.71. The molecule has 0 unspecified atom stereocenters. The third-order valence-electron chi connectivity index (χ3n) is 4.14. The van der Waals surface area contributed by atoms with Crippen molar-refractivity contribution >= 4 is 45.3 Å². The summed E-state index contributed by atoms with van der Waals surface area (Å²) in [6.45, 7) is 4.18. The number of para-hydroxylation sites is 1. The van der Waals surface area contributed by atoms with Gasteiger partial charge in [-0.1, -0.05) is 59.8 Å². The average molecular weight is 382 g/mol. The number of aromatic amines is 1. The van der Waals surface area contributed by atoms with Gasteiger partial charge in [0, 0.05) is 28.2 Å². The molecule has 2 aromatic carbocycles. The number of benzene rings is 2. The number of rotatable bonds is 5. The molecule has 2 heterocycles. The maximum atomic E-state index is 13.0. The van der Waals surface area contributed by atoms with E-state index < -0.39 is 0 Å². The molecule has 130 valence electrons. The average Bonchev–Trinajstić information content (AvgIpc) is 3.02. The number of H-pyrrole nitrogens is 1. The van der Waals surface area contributed by atoms with Gasteiger partial charge < -0.3 is 4.98 Å². The maximum absolute atomic E-state index is 13.0. The minimum atomic E-state index is -0.0836. The Bertz CT molecular complexity index is 1180.